The Balaban J connectivity index is 1.84. The normalized spacial score (nSPS) is 31.1. The molecule has 0 saturated heterocycles. The highest BCUT2D eigenvalue weighted by molar-refractivity contribution is 5.79. The van der Waals surface area contributed by atoms with Gasteiger partial charge in [0.05, 0.1) is 0 Å². The number of aliphatic hydroxyl groups excluding tert-OH is 1. The zero-order valence-electron chi connectivity index (χ0n) is 10.7. The van der Waals surface area contributed by atoms with Crippen LogP contribution in [0.4, 0.5) is 0 Å². The summed E-state index contributed by atoms with van der Waals surface area (Å²) in [5.41, 5.74) is 0. The van der Waals surface area contributed by atoms with Crippen molar-refractivity contribution >= 4 is 5.91 Å². The first-order valence-corrected chi connectivity index (χ1v) is 7.22. The molecular formula is C14H25NO2. The lowest BCUT2D eigenvalue weighted by Crippen LogP contribution is -2.43. The van der Waals surface area contributed by atoms with E-state index in [-0.39, 0.29) is 24.3 Å². The second-order valence-electron chi connectivity index (χ2n) is 5.68. The van der Waals surface area contributed by atoms with E-state index in [1.165, 1.54) is 25.7 Å². The van der Waals surface area contributed by atoms with E-state index in [1.54, 1.807) is 0 Å². The minimum atomic E-state index is 0.0654. The minimum absolute atomic E-state index is 0.0654. The molecule has 0 aromatic carbocycles. The van der Waals surface area contributed by atoms with Crippen LogP contribution in [0, 0.1) is 11.8 Å². The third kappa shape index (κ3) is 3.44. The quantitative estimate of drug-likeness (QED) is 0.793. The first-order valence-electron chi connectivity index (χ1n) is 7.22. The SMILES string of the molecule is O=C(NC1CCCCC1)C1CCCCC1CO. The summed E-state index contributed by atoms with van der Waals surface area (Å²) in [4.78, 5) is 12.2. The molecule has 2 N–H and O–H groups in total. The van der Waals surface area contributed by atoms with E-state index in [0.717, 1.165) is 32.1 Å². The average molecular weight is 239 g/mol. The molecule has 2 aliphatic rings. The van der Waals surface area contributed by atoms with E-state index in [2.05, 4.69) is 5.32 Å². The van der Waals surface area contributed by atoms with Crippen LogP contribution >= 0.6 is 0 Å². The van der Waals surface area contributed by atoms with Crippen LogP contribution in [0.1, 0.15) is 57.8 Å². The Morgan fingerprint density at radius 2 is 1.65 bits per heavy atom. The molecule has 17 heavy (non-hydrogen) atoms. The number of carbonyl (C=O) groups excluding carboxylic acids is 1. The Kier molecular flexibility index (Phi) is 4.84. The summed E-state index contributed by atoms with van der Waals surface area (Å²) in [6.07, 6.45) is 10.4. The molecule has 3 heteroatoms. The van der Waals surface area contributed by atoms with Crippen molar-refractivity contribution in [2.45, 2.75) is 63.8 Å². The van der Waals surface area contributed by atoms with Crippen LogP contribution < -0.4 is 5.32 Å². The van der Waals surface area contributed by atoms with Crippen LogP contribution in [0.25, 0.3) is 0 Å². The van der Waals surface area contributed by atoms with Crippen LogP contribution in [0.2, 0.25) is 0 Å². The molecule has 0 aliphatic heterocycles. The van der Waals surface area contributed by atoms with Crippen molar-refractivity contribution in [1.82, 2.24) is 5.32 Å². The molecule has 2 rings (SSSR count). The van der Waals surface area contributed by atoms with E-state index >= 15 is 0 Å². The summed E-state index contributed by atoms with van der Waals surface area (Å²) in [5, 5.41) is 12.5. The van der Waals surface area contributed by atoms with Crippen LogP contribution in [0.15, 0.2) is 0 Å². The van der Waals surface area contributed by atoms with Gasteiger partial charge in [0.25, 0.3) is 0 Å². The highest BCUT2D eigenvalue weighted by Gasteiger charge is 2.31. The van der Waals surface area contributed by atoms with Gasteiger partial charge in [-0.05, 0) is 31.6 Å². The Labute approximate surface area is 104 Å². The number of nitrogens with one attached hydrogen (secondary N) is 1. The van der Waals surface area contributed by atoms with E-state index in [0.29, 0.717) is 6.04 Å². The molecule has 2 saturated carbocycles. The molecular weight excluding hydrogens is 214 g/mol. The van der Waals surface area contributed by atoms with Crippen LogP contribution in [-0.4, -0.2) is 23.7 Å². The predicted molar refractivity (Wildman–Crippen MR) is 67.5 cm³/mol. The van der Waals surface area contributed by atoms with Crippen molar-refractivity contribution in [2.24, 2.45) is 11.8 Å². The summed E-state index contributed by atoms with van der Waals surface area (Å²) in [6, 6.07) is 0.400. The van der Waals surface area contributed by atoms with Gasteiger partial charge in [-0.2, -0.15) is 0 Å². The third-order valence-corrected chi connectivity index (χ3v) is 4.43. The summed E-state index contributed by atoms with van der Waals surface area (Å²) >= 11 is 0. The van der Waals surface area contributed by atoms with Gasteiger partial charge in [0, 0.05) is 18.6 Å². The number of hydrogen-bond acceptors (Lipinski definition) is 2. The Hall–Kier alpha value is -0.570. The lowest BCUT2D eigenvalue weighted by atomic mass is 9.79. The molecule has 1 amide bonds. The Morgan fingerprint density at radius 3 is 2.35 bits per heavy atom. The first-order chi connectivity index (χ1) is 8.31. The number of carbonyl (C=O) groups is 1. The van der Waals surface area contributed by atoms with Gasteiger partial charge >= 0.3 is 0 Å². The van der Waals surface area contributed by atoms with E-state index in [4.69, 9.17) is 0 Å². The fourth-order valence-electron chi connectivity index (χ4n) is 3.33. The standard InChI is InChI=1S/C14H25NO2/c16-10-11-6-4-5-9-13(11)14(17)15-12-7-2-1-3-8-12/h11-13,16H,1-10H2,(H,15,17). The molecule has 0 heterocycles. The monoisotopic (exact) mass is 239 g/mol. The van der Waals surface area contributed by atoms with E-state index in [9.17, 15) is 9.90 Å². The zero-order chi connectivity index (χ0) is 12.1. The molecule has 0 bridgehead atoms. The molecule has 2 aliphatic carbocycles. The largest absolute Gasteiger partial charge is 0.396 e. The maximum absolute atomic E-state index is 12.2. The molecule has 0 aromatic rings. The smallest absolute Gasteiger partial charge is 0.223 e. The van der Waals surface area contributed by atoms with Gasteiger partial charge in [0.15, 0.2) is 0 Å². The summed E-state index contributed by atoms with van der Waals surface area (Å²) in [6.45, 7) is 0.169. The average Bonchev–Trinajstić information content (AvgIpc) is 2.40. The summed E-state index contributed by atoms with van der Waals surface area (Å²) in [5.74, 6) is 0.471. The third-order valence-electron chi connectivity index (χ3n) is 4.43. The van der Waals surface area contributed by atoms with Gasteiger partial charge in [-0.25, -0.2) is 0 Å². The zero-order valence-corrected chi connectivity index (χ0v) is 10.7. The van der Waals surface area contributed by atoms with Crippen LogP contribution in [0.3, 0.4) is 0 Å². The van der Waals surface area contributed by atoms with Gasteiger partial charge < -0.3 is 10.4 Å². The molecule has 0 radical (unpaired) electrons. The number of rotatable bonds is 3. The molecule has 2 atom stereocenters. The minimum Gasteiger partial charge on any atom is -0.396 e. The van der Waals surface area contributed by atoms with Crippen LogP contribution in [0.5, 0.6) is 0 Å². The molecule has 0 aromatic heterocycles. The van der Waals surface area contributed by atoms with Crippen molar-refractivity contribution in [3.63, 3.8) is 0 Å². The topological polar surface area (TPSA) is 49.3 Å². The number of aliphatic hydroxyl groups is 1. The summed E-state index contributed by atoms with van der Waals surface area (Å²) < 4.78 is 0. The Bertz CT molecular complexity index is 249. The number of hydrogen-bond donors (Lipinski definition) is 2. The Morgan fingerprint density at radius 1 is 1.00 bits per heavy atom. The molecule has 3 nitrogen and oxygen atoms in total. The van der Waals surface area contributed by atoms with Crippen molar-refractivity contribution in [3.05, 3.63) is 0 Å². The van der Waals surface area contributed by atoms with Gasteiger partial charge in [-0.1, -0.05) is 32.1 Å². The second kappa shape index (κ2) is 6.39. The van der Waals surface area contributed by atoms with E-state index in [1.807, 2.05) is 0 Å². The second-order valence-corrected chi connectivity index (χ2v) is 5.68. The van der Waals surface area contributed by atoms with Gasteiger partial charge in [0.2, 0.25) is 5.91 Å². The van der Waals surface area contributed by atoms with Crippen molar-refractivity contribution < 1.29 is 9.90 Å². The molecule has 2 unspecified atom stereocenters. The van der Waals surface area contributed by atoms with Crippen LogP contribution in [-0.2, 0) is 4.79 Å². The maximum atomic E-state index is 12.2. The fourth-order valence-corrected chi connectivity index (χ4v) is 3.33. The number of amides is 1. The molecule has 0 spiro atoms. The summed E-state index contributed by atoms with van der Waals surface area (Å²) in [7, 11) is 0. The lowest BCUT2D eigenvalue weighted by Gasteiger charge is -2.31. The predicted octanol–water partition coefficient (Wildman–Crippen LogP) is 2.23. The van der Waals surface area contributed by atoms with Crippen molar-refractivity contribution in [1.29, 1.82) is 0 Å². The lowest BCUT2D eigenvalue weighted by molar-refractivity contribution is -0.129. The molecule has 2 fully saturated rings. The van der Waals surface area contributed by atoms with Crippen molar-refractivity contribution in [3.8, 4) is 0 Å². The van der Waals surface area contributed by atoms with Crippen molar-refractivity contribution in [2.75, 3.05) is 6.61 Å². The van der Waals surface area contributed by atoms with Gasteiger partial charge in [-0.15, -0.1) is 0 Å². The van der Waals surface area contributed by atoms with Gasteiger partial charge in [0.1, 0.15) is 0 Å². The maximum Gasteiger partial charge on any atom is 0.223 e. The molecule has 98 valence electrons. The highest BCUT2D eigenvalue weighted by Crippen LogP contribution is 2.30. The van der Waals surface area contributed by atoms with E-state index < -0.39 is 0 Å². The highest BCUT2D eigenvalue weighted by atomic mass is 16.3. The fraction of sp³-hybridized carbons (Fsp3) is 0.929. The van der Waals surface area contributed by atoms with Gasteiger partial charge in [-0.3, -0.25) is 4.79 Å². The first kappa shape index (κ1) is 12.9.